The molecule has 9 nitrogen and oxygen atoms in total. The molecule has 0 bridgehead atoms. The molecule has 1 aromatic carbocycles. The summed E-state index contributed by atoms with van der Waals surface area (Å²) >= 11 is 2.25. The van der Waals surface area contributed by atoms with E-state index in [9.17, 15) is 18.8 Å². The molecule has 0 saturated carbocycles. The minimum atomic E-state index is -0.675. The lowest BCUT2D eigenvalue weighted by Crippen LogP contribution is -2.23. The molecule has 0 aliphatic carbocycles. The maximum Gasteiger partial charge on any atom is 0.277 e. The molecule has 28 heavy (non-hydrogen) atoms. The van der Waals surface area contributed by atoms with E-state index in [1.165, 1.54) is 23.5 Å². The molecule has 0 aliphatic heterocycles. The summed E-state index contributed by atoms with van der Waals surface area (Å²) in [5.41, 5.74) is 5.01. The van der Waals surface area contributed by atoms with Crippen molar-refractivity contribution >= 4 is 51.5 Å². The Morgan fingerprint density at radius 2 is 2.00 bits per heavy atom. The molecule has 0 fully saturated rings. The minimum Gasteiger partial charge on any atom is -0.382 e. The number of halogens is 1. The Balaban J connectivity index is 1.65. The van der Waals surface area contributed by atoms with E-state index in [1.807, 2.05) is 0 Å². The van der Waals surface area contributed by atoms with Crippen LogP contribution in [0.3, 0.4) is 0 Å². The zero-order valence-corrected chi connectivity index (χ0v) is 15.7. The number of nitrogens with two attached hydrogens (primary N) is 1. The second-order valence-electron chi connectivity index (χ2n) is 5.27. The first-order chi connectivity index (χ1) is 13.4. The first-order valence-electron chi connectivity index (χ1n) is 7.71. The summed E-state index contributed by atoms with van der Waals surface area (Å²) in [4.78, 5) is 46.6. The fraction of sp³-hybridized carbons (Fsp3) is 0.0625. The third-order valence-electron chi connectivity index (χ3n) is 3.29. The number of carbonyl (C=O) groups excluding carboxylic acids is 2. The van der Waals surface area contributed by atoms with Gasteiger partial charge in [0.15, 0.2) is 16.1 Å². The Morgan fingerprint density at radius 3 is 2.64 bits per heavy atom. The van der Waals surface area contributed by atoms with Crippen molar-refractivity contribution in [3.8, 4) is 0 Å². The Hall–Kier alpha value is -3.25. The number of nitrogens with zero attached hydrogens (tertiary/aromatic N) is 2. The van der Waals surface area contributed by atoms with Gasteiger partial charge in [-0.3, -0.25) is 19.4 Å². The van der Waals surface area contributed by atoms with Crippen molar-refractivity contribution in [3.05, 3.63) is 57.6 Å². The van der Waals surface area contributed by atoms with Crippen LogP contribution < -0.4 is 21.9 Å². The van der Waals surface area contributed by atoms with Gasteiger partial charge in [-0.15, -0.1) is 11.3 Å². The molecular weight excluding hydrogens is 407 g/mol. The zero-order chi connectivity index (χ0) is 20.1. The topological polar surface area (TPSA) is 143 Å². The van der Waals surface area contributed by atoms with Crippen molar-refractivity contribution in [2.24, 2.45) is 0 Å². The summed E-state index contributed by atoms with van der Waals surface area (Å²) in [6, 6.07) is 4.79. The standard InChI is InChI=1S/C16H13FN6O3S2/c17-9-3-1-8(2-4-9)13(25)21-11-12(18)22-16(23-14(11)26)28-7-10(24)20-15-19-5-6-27-15/h1-6H,7H2,(H,21,25)(H,19,20,24)(H3,18,22,23,26). The molecule has 5 N–H and O–H groups in total. The number of benzene rings is 1. The monoisotopic (exact) mass is 420 g/mol. The lowest BCUT2D eigenvalue weighted by molar-refractivity contribution is -0.113. The Kier molecular flexibility index (Phi) is 6.01. The highest BCUT2D eigenvalue weighted by atomic mass is 32.2. The molecule has 12 heteroatoms. The summed E-state index contributed by atoms with van der Waals surface area (Å²) in [7, 11) is 0. The smallest absolute Gasteiger partial charge is 0.277 e. The number of nitrogens with one attached hydrogen (secondary N) is 3. The number of carbonyl (C=O) groups is 2. The van der Waals surface area contributed by atoms with E-state index in [1.54, 1.807) is 11.6 Å². The van der Waals surface area contributed by atoms with Crippen LogP contribution in [0.4, 0.5) is 21.0 Å². The van der Waals surface area contributed by atoms with Crippen LogP contribution in [0.25, 0.3) is 0 Å². The fourth-order valence-corrected chi connectivity index (χ4v) is 3.23. The third kappa shape index (κ3) is 4.92. The van der Waals surface area contributed by atoms with Gasteiger partial charge in [-0.25, -0.2) is 14.4 Å². The van der Waals surface area contributed by atoms with Gasteiger partial charge in [0.25, 0.3) is 11.5 Å². The van der Waals surface area contributed by atoms with Crippen molar-refractivity contribution in [2.75, 3.05) is 22.1 Å². The van der Waals surface area contributed by atoms with Crippen LogP contribution in [0.2, 0.25) is 0 Å². The third-order valence-corrected chi connectivity index (χ3v) is 4.85. The predicted octanol–water partition coefficient (Wildman–Crippen LogP) is 1.93. The maximum atomic E-state index is 12.9. The SMILES string of the molecule is Nc1nc(SCC(=O)Nc2nccs2)[nH]c(=O)c1NC(=O)c1ccc(F)cc1. The summed E-state index contributed by atoms with van der Waals surface area (Å²) in [6.45, 7) is 0. The van der Waals surface area contributed by atoms with Gasteiger partial charge in [-0.05, 0) is 24.3 Å². The van der Waals surface area contributed by atoms with Crippen LogP contribution in [0.1, 0.15) is 10.4 Å². The molecule has 2 aromatic heterocycles. The molecule has 0 atom stereocenters. The number of thioether (sulfide) groups is 1. The number of H-pyrrole nitrogens is 1. The van der Waals surface area contributed by atoms with E-state index >= 15 is 0 Å². The molecule has 2 heterocycles. The lowest BCUT2D eigenvalue weighted by atomic mass is 10.2. The van der Waals surface area contributed by atoms with Gasteiger partial charge in [0.2, 0.25) is 5.91 Å². The van der Waals surface area contributed by atoms with Crippen LogP contribution in [0.5, 0.6) is 0 Å². The second kappa shape index (κ2) is 8.63. The largest absolute Gasteiger partial charge is 0.382 e. The zero-order valence-electron chi connectivity index (χ0n) is 14.1. The van der Waals surface area contributed by atoms with Gasteiger partial charge >= 0.3 is 0 Å². The van der Waals surface area contributed by atoms with E-state index in [-0.39, 0.29) is 33.9 Å². The van der Waals surface area contributed by atoms with Crippen LogP contribution in [-0.4, -0.2) is 32.5 Å². The molecule has 2 amide bonds. The predicted molar refractivity (Wildman–Crippen MR) is 105 cm³/mol. The van der Waals surface area contributed by atoms with E-state index in [0.29, 0.717) is 5.13 Å². The van der Waals surface area contributed by atoms with Crippen molar-refractivity contribution < 1.29 is 14.0 Å². The van der Waals surface area contributed by atoms with Crippen molar-refractivity contribution in [3.63, 3.8) is 0 Å². The minimum absolute atomic E-state index is 0.0246. The summed E-state index contributed by atoms with van der Waals surface area (Å²) < 4.78 is 12.9. The van der Waals surface area contributed by atoms with Gasteiger partial charge in [0.05, 0.1) is 5.75 Å². The van der Waals surface area contributed by atoms with Gasteiger partial charge in [-0.1, -0.05) is 11.8 Å². The van der Waals surface area contributed by atoms with Crippen LogP contribution in [-0.2, 0) is 4.79 Å². The molecule has 0 radical (unpaired) electrons. The van der Waals surface area contributed by atoms with E-state index in [0.717, 1.165) is 23.9 Å². The molecule has 3 rings (SSSR count). The van der Waals surface area contributed by atoms with Gasteiger partial charge in [0, 0.05) is 17.1 Å². The van der Waals surface area contributed by atoms with Crippen molar-refractivity contribution in [1.29, 1.82) is 0 Å². The van der Waals surface area contributed by atoms with Crippen LogP contribution in [0.15, 0.2) is 45.8 Å². The number of aromatic nitrogens is 3. The van der Waals surface area contributed by atoms with Gasteiger partial charge in [-0.2, -0.15) is 0 Å². The number of anilines is 3. The summed E-state index contributed by atoms with van der Waals surface area (Å²) in [5, 5.41) is 7.25. The molecule has 0 spiro atoms. The number of hydrogen-bond donors (Lipinski definition) is 4. The molecular formula is C16H13FN6O3S2. The first-order valence-corrected chi connectivity index (χ1v) is 9.58. The van der Waals surface area contributed by atoms with E-state index in [2.05, 4.69) is 25.6 Å². The average molecular weight is 420 g/mol. The first kappa shape index (κ1) is 19.5. The fourth-order valence-electron chi connectivity index (χ4n) is 2.02. The molecule has 3 aromatic rings. The summed E-state index contributed by atoms with van der Waals surface area (Å²) in [5.74, 6) is -1.68. The van der Waals surface area contributed by atoms with E-state index in [4.69, 9.17) is 5.73 Å². The molecule has 144 valence electrons. The quantitative estimate of drug-likeness (QED) is 0.352. The van der Waals surface area contributed by atoms with Crippen molar-refractivity contribution in [1.82, 2.24) is 15.0 Å². The number of aromatic amines is 1. The summed E-state index contributed by atoms with van der Waals surface area (Å²) in [6.07, 6.45) is 1.56. The number of rotatable bonds is 6. The Morgan fingerprint density at radius 1 is 1.25 bits per heavy atom. The lowest BCUT2D eigenvalue weighted by Gasteiger charge is -2.08. The highest BCUT2D eigenvalue weighted by molar-refractivity contribution is 7.99. The highest BCUT2D eigenvalue weighted by Gasteiger charge is 2.15. The van der Waals surface area contributed by atoms with Crippen LogP contribution >= 0.6 is 23.1 Å². The number of thiazole rings is 1. The highest BCUT2D eigenvalue weighted by Crippen LogP contribution is 2.18. The van der Waals surface area contributed by atoms with Gasteiger partial charge in [0.1, 0.15) is 11.5 Å². The van der Waals surface area contributed by atoms with Crippen molar-refractivity contribution in [2.45, 2.75) is 5.16 Å². The Bertz CT molecular complexity index is 1050. The Labute approximate surface area is 165 Å². The van der Waals surface area contributed by atoms with E-state index < -0.39 is 17.3 Å². The molecule has 0 saturated heterocycles. The molecule has 0 unspecified atom stereocenters. The molecule has 0 aliphatic rings. The van der Waals surface area contributed by atoms with Crippen LogP contribution in [0, 0.1) is 5.82 Å². The average Bonchev–Trinajstić information content (AvgIpc) is 3.16. The number of nitrogen functional groups attached to an aromatic ring is 1. The second-order valence-corrected chi connectivity index (χ2v) is 7.13. The normalized spacial score (nSPS) is 10.5. The number of hydrogen-bond acceptors (Lipinski definition) is 8. The van der Waals surface area contributed by atoms with Gasteiger partial charge < -0.3 is 16.4 Å². The number of amides is 2. The maximum absolute atomic E-state index is 12.9.